The number of rotatable bonds is 5. The molecule has 3 aromatic rings. The molecule has 0 saturated heterocycles. The molecule has 1 N–H and O–H groups in total. The van der Waals surface area contributed by atoms with Crippen molar-refractivity contribution in [1.82, 2.24) is 20.1 Å². The van der Waals surface area contributed by atoms with Crippen LogP contribution >= 0.6 is 0 Å². The quantitative estimate of drug-likeness (QED) is 0.670. The molecule has 0 aliphatic carbocycles. The largest absolute Gasteiger partial charge is 0.493 e. The lowest BCUT2D eigenvalue weighted by Crippen LogP contribution is -2.35. The second kappa shape index (κ2) is 8.14. The Bertz CT molecular complexity index is 1030. The van der Waals surface area contributed by atoms with Crippen LogP contribution in [0.1, 0.15) is 34.1 Å². The zero-order chi connectivity index (χ0) is 20.2. The summed E-state index contributed by atoms with van der Waals surface area (Å²) in [5, 5.41) is 7.09. The van der Waals surface area contributed by atoms with Gasteiger partial charge in [0.2, 0.25) is 0 Å². The van der Waals surface area contributed by atoms with Gasteiger partial charge in [-0.1, -0.05) is 24.3 Å². The Morgan fingerprint density at radius 3 is 2.90 bits per heavy atom. The van der Waals surface area contributed by atoms with Crippen molar-refractivity contribution >= 4 is 11.9 Å². The Morgan fingerprint density at radius 2 is 2.07 bits per heavy atom. The highest BCUT2D eigenvalue weighted by molar-refractivity contribution is 5.92. The fourth-order valence-electron chi connectivity index (χ4n) is 3.26. The average Bonchev–Trinajstić information content (AvgIpc) is 3.14. The maximum absolute atomic E-state index is 12.4. The number of hydrogen-bond acceptors (Lipinski definition) is 6. The van der Waals surface area contributed by atoms with Crippen molar-refractivity contribution < 1.29 is 19.1 Å². The summed E-state index contributed by atoms with van der Waals surface area (Å²) in [6.07, 6.45) is 3.72. The molecule has 1 aliphatic rings. The number of aromatic nitrogens is 3. The summed E-state index contributed by atoms with van der Waals surface area (Å²) in [6.45, 7) is 1.90. The van der Waals surface area contributed by atoms with Gasteiger partial charge in [0.1, 0.15) is 11.3 Å². The number of para-hydroxylation sites is 1. The van der Waals surface area contributed by atoms with Crippen molar-refractivity contribution in [3.8, 4) is 11.6 Å². The summed E-state index contributed by atoms with van der Waals surface area (Å²) in [6, 6.07) is 12.8. The van der Waals surface area contributed by atoms with Crippen LogP contribution in [0.15, 0.2) is 54.9 Å². The smallest absolute Gasteiger partial charge is 0.342 e. The van der Waals surface area contributed by atoms with Crippen LogP contribution in [0.3, 0.4) is 0 Å². The lowest BCUT2D eigenvalue weighted by molar-refractivity contribution is -0.125. The molecule has 1 aliphatic heterocycles. The van der Waals surface area contributed by atoms with E-state index < -0.39 is 5.97 Å². The van der Waals surface area contributed by atoms with Crippen LogP contribution in [-0.4, -0.2) is 39.9 Å². The first-order valence-corrected chi connectivity index (χ1v) is 9.27. The van der Waals surface area contributed by atoms with Crippen molar-refractivity contribution in [3.05, 3.63) is 71.7 Å². The van der Waals surface area contributed by atoms with Crippen molar-refractivity contribution in [1.29, 1.82) is 0 Å². The van der Waals surface area contributed by atoms with Gasteiger partial charge in [-0.05, 0) is 25.1 Å². The molecule has 1 atom stereocenters. The number of hydrogen-bond donors (Lipinski definition) is 1. The van der Waals surface area contributed by atoms with Crippen LogP contribution in [-0.2, 0) is 9.53 Å². The molecule has 0 radical (unpaired) electrons. The molecule has 8 nitrogen and oxygen atoms in total. The van der Waals surface area contributed by atoms with Crippen LogP contribution in [0.25, 0.3) is 5.82 Å². The van der Waals surface area contributed by atoms with Crippen molar-refractivity contribution in [2.24, 2.45) is 0 Å². The monoisotopic (exact) mass is 392 g/mol. The van der Waals surface area contributed by atoms with E-state index in [4.69, 9.17) is 9.47 Å². The van der Waals surface area contributed by atoms with Gasteiger partial charge in [-0.2, -0.15) is 5.10 Å². The summed E-state index contributed by atoms with van der Waals surface area (Å²) in [5.41, 5.74) is 1.80. The van der Waals surface area contributed by atoms with Gasteiger partial charge < -0.3 is 14.8 Å². The molecule has 1 amide bonds. The third-order valence-electron chi connectivity index (χ3n) is 4.72. The minimum atomic E-state index is -0.604. The molecule has 148 valence electrons. The van der Waals surface area contributed by atoms with Gasteiger partial charge in [0.15, 0.2) is 12.4 Å². The van der Waals surface area contributed by atoms with E-state index in [1.165, 1.54) is 6.20 Å². The number of fused-ring (bicyclic) bond motifs is 1. The number of pyridine rings is 1. The van der Waals surface area contributed by atoms with Crippen molar-refractivity contribution in [2.75, 3.05) is 13.2 Å². The first kappa shape index (κ1) is 18.7. The van der Waals surface area contributed by atoms with E-state index in [-0.39, 0.29) is 18.6 Å². The zero-order valence-corrected chi connectivity index (χ0v) is 15.9. The van der Waals surface area contributed by atoms with Gasteiger partial charge in [0.25, 0.3) is 5.91 Å². The number of carbonyl (C=O) groups is 2. The van der Waals surface area contributed by atoms with Gasteiger partial charge in [0.05, 0.1) is 24.5 Å². The van der Waals surface area contributed by atoms with Gasteiger partial charge in [-0.3, -0.25) is 4.79 Å². The highest BCUT2D eigenvalue weighted by Crippen LogP contribution is 2.31. The fraction of sp³-hybridized carbons (Fsp3) is 0.238. The second-order valence-corrected chi connectivity index (χ2v) is 6.61. The van der Waals surface area contributed by atoms with Gasteiger partial charge in [-0.15, -0.1) is 0 Å². The molecule has 1 aromatic carbocycles. The molecule has 4 rings (SSSR count). The zero-order valence-electron chi connectivity index (χ0n) is 15.9. The minimum Gasteiger partial charge on any atom is -0.493 e. The highest BCUT2D eigenvalue weighted by atomic mass is 16.5. The second-order valence-electron chi connectivity index (χ2n) is 6.61. The Balaban J connectivity index is 1.37. The lowest BCUT2D eigenvalue weighted by Gasteiger charge is -2.26. The van der Waals surface area contributed by atoms with Gasteiger partial charge in [0, 0.05) is 18.2 Å². The topological polar surface area (TPSA) is 95.3 Å². The number of benzene rings is 1. The third-order valence-corrected chi connectivity index (χ3v) is 4.72. The maximum atomic E-state index is 12.4. The van der Waals surface area contributed by atoms with Crippen LogP contribution < -0.4 is 10.1 Å². The summed E-state index contributed by atoms with van der Waals surface area (Å²) in [7, 11) is 0. The Hall–Kier alpha value is -3.68. The number of ether oxygens (including phenoxy) is 2. The van der Waals surface area contributed by atoms with Crippen molar-refractivity contribution in [3.63, 3.8) is 0 Å². The number of carbonyl (C=O) groups excluding carboxylic acids is 2. The van der Waals surface area contributed by atoms with E-state index >= 15 is 0 Å². The predicted molar refractivity (Wildman–Crippen MR) is 104 cm³/mol. The van der Waals surface area contributed by atoms with Crippen molar-refractivity contribution in [2.45, 2.75) is 19.4 Å². The number of nitrogens with one attached hydrogen (secondary N) is 1. The Labute approximate surface area is 167 Å². The van der Waals surface area contributed by atoms with Crippen LogP contribution in [0.4, 0.5) is 0 Å². The lowest BCUT2D eigenvalue weighted by atomic mass is 10.0. The van der Waals surface area contributed by atoms with Crippen LogP contribution in [0, 0.1) is 6.92 Å². The maximum Gasteiger partial charge on any atom is 0.342 e. The van der Waals surface area contributed by atoms with Gasteiger partial charge in [-0.25, -0.2) is 14.5 Å². The van der Waals surface area contributed by atoms with Crippen LogP contribution in [0.5, 0.6) is 5.75 Å². The first-order valence-electron chi connectivity index (χ1n) is 9.27. The van der Waals surface area contributed by atoms with E-state index in [0.29, 0.717) is 30.1 Å². The highest BCUT2D eigenvalue weighted by Gasteiger charge is 2.24. The SMILES string of the molecule is Cc1c(C(=O)OCC(=O)NC2CCOc3ccccc32)cnn1-c1ccccn1. The normalized spacial score (nSPS) is 15.1. The van der Waals surface area contributed by atoms with E-state index in [1.54, 1.807) is 29.9 Å². The fourth-order valence-corrected chi connectivity index (χ4v) is 3.26. The number of amides is 1. The minimum absolute atomic E-state index is 0.167. The molecule has 29 heavy (non-hydrogen) atoms. The van der Waals surface area contributed by atoms with E-state index in [2.05, 4.69) is 15.4 Å². The molecule has 0 spiro atoms. The molecule has 0 saturated carbocycles. The van der Waals surface area contributed by atoms with Crippen LogP contribution in [0.2, 0.25) is 0 Å². The molecule has 0 fully saturated rings. The molecular weight excluding hydrogens is 372 g/mol. The molecular formula is C21H20N4O4. The first-order chi connectivity index (χ1) is 14.1. The summed E-state index contributed by atoms with van der Waals surface area (Å²) in [5.74, 6) is 0.389. The number of esters is 1. The summed E-state index contributed by atoms with van der Waals surface area (Å²) in [4.78, 5) is 28.9. The Morgan fingerprint density at radius 1 is 1.24 bits per heavy atom. The van der Waals surface area contributed by atoms with E-state index in [9.17, 15) is 9.59 Å². The third kappa shape index (κ3) is 3.96. The summed E-state index contributed by atoms with van der Waals surface area (Å²) >= 11 is 0. The average molecular weight is 392 g/mol. The molecule has 2 aromatic heterocycles. The molecule has 3 heterocycles. The van der Waals surface area contributed by atoms with E-state index in [1.807, 2.05) is 30.3 Å². The van der Waals surface area contributed by atoms with E-state index in [0.717, 1.165) is 11.3 Å². The van der Waals surface area contributed by atoms with Gasteiger partial charge >= 0.3 is 5.97 Å². The summed E-state index contributed by atoms with van der Waals surface area (Å²) < 4.78 is 12.3. The number of nitrogens with zero attached hydrogens (tertiary/aromatic N) is 3. The predicted octanol–water partition coefficient (Wildman–Crippen LogP) is 2.37. The molecule has 8 heteroatoms. The molecule has 1 unspecified atom stereocenters. The standard InChI is InChI=1S/C21H20N4O4/c1-14-16(12-23-25(14)19-8-4-5-10-22-19)21(27)29-13-20(26)24-17-9-11-28-18-7-3-2-6-15(17)18/h2-8,10,12,17H,9,11,13H2,1H3,(H,24,26). The molecule has 0 bridgehead atoms. The Kier molecular flexibility index (Phi) is 5.24.